The SMILES string of the molecule is C1=C2SCCC2CC1. The molecule has 8 heavy (non-hydrogen) atoms. The third-order valence-electron chi connectivity index (χ3n) is 2.00. The van der Waals surface area contributed by atoms with Gasteiger partial charge in [-0.1, -0.05) is 6.08 Å². The number of hydrogen-bond acceptors (Lipinski definition) is 1. The summed E-state index contributed by atoms with van der Waals surface area (Å²) in [6, 6.07) is 0. The lowest BCUT2D eigenvalue weighted by atomic mass is 10.1. The maximum atomic E-state index is 2.42. The van der Waals surface area contributed by atoms with Gasteiger partial charge >= 0.3 is 0 Å². The molecule has 0 aromatic carbocycles. The molecule has 0 saturated carbocycles. The molecule has 1 heterocycles. The summed E-state index contributed by atoms with van der Waals surface area (Å²) in [7, 11) is 0. The van der Waals surface area contributed by atoms with Crippen LogP contribution in [0, 0.1) is 5.92 Å². The Kier molecular flexibility index (Phi) is 1.11. The highest BCUT2D eigenvalue weighted by molar-refractivity contribution is 8.03. The average Bonchev–Trinajstić information content (AvgIpc) is 2.15. The Labute approximate surface area is 54.4 Å². The van der Waals surface area contributed by atoms with E-state index in [2.05, 4.69) is 17.8 Å². The predicted molar refractivity (Wildman–Crippen MR) is 37.9 cm³/mol. The Hall–Kier alpha value is 0.0900. The molecule has 0 aromatic rings. The second kappa shape index (κ2) is 1.80. The molecule has 2 rings (SSSR count). The maximum absolute atomic E-state index is 2.42. The predicted octanol–water partition coefficient (Wildman–Crippen LogP) is 2.42. The van der Waals surface area contributed by atoms with Crippen molar-refractivity contribution in [2.75, 3.05) is 5.75 Å². The lowest BCUT2D eigenvalue weighted by molar-refractivity contribution is 0.625. The number of hydrogen-bond donors (Lipinski definition) is 0. The van der Waals surface area contributed by atoms with Crippen LogP contribution in [-0.4, -0.2) is 5.75 Å². The Morgan fingerprint density at radius 3 is 3.38 bits per heavy atom. The molecule has 1 saturated heterocycles. The third-order valence-corrected chi connectivity index (χ3v) is 3.27. The van der Waals surface area contributed by atoms with E-state index in [1.807, 2.05) is 0 Å². The molecule has 0 spiro atoms. The fraction of sp³-hybridized carbons (Fsp3) is 0.714. The number of thioether (sulfide) groups is 1. The summed E-state index contributed by atoms with van der Waals surface area (Å²) in [6.45, 7) is 0. The summed E-state index contributed by atoms with van der Waals surface area (Å²) < 4.78 is 0. The highest BCUT2D eigenvalue weighted by Gasteiger charge is 2.24. The van der Waals surface area contributed by atoms with Crippen molar-refractivity contribution >= 4 is 11.8 Å². The zero-order valence-corrected chi connectivity index (χ0v) is 5.71. The van der Waals surface area contributed by atoms with Crippen molar-refractivity contribution in [3.8, 4) is 0 Å². The molecule has 1 aliphatic carbocycles. The Morgan fingerprint density at radius 2 is 2.50 bits per heavy atom. The monoisotopic (exact) mass is 126 g/mol. The summed E-state index contributed by atoms with van der Waals surface area (Å²) in [5.41, 5.74) is 0. The highest BCUT2D eigenvalue weighted by atomic mass is 32.2. The van der Waals surface area contributed by atoms with E-state index in [1.165, 1.54) is 25.0 Å². The van der Waals surface area contributed by atoms with Crippen LogP contribution in [0.4, 0.5) is 0 Å². The minimum atomic E-state index is 1.000. The van der Waals surface area contributed by atoms with Crippen LogP contribution in [0.15, 0.2) is 11.0 Å². The van der Waals surface area contributed by atoms with Crippen LogP contribution >= 0.6 is 11.8 Å². The maximum Gasteiger partial charge on any atom is -0.00172 e. The van der Waals surface area contributed by atoms with Gasteiger partial charge in [-0.3, -0.25) is 0 Å². The molecule has 1 unspecified atom stereocenters. The Bertz CT molecular complexity index is 126. The van der Waals surface area contributed by atoms with Crippen molar-refractivity contribution in [3.05, 3.63) is 11.0 Å². The average molecular weight is 126 g/mol. The van der Waals surface area contributed by atoms with E-state index in [0.29, 0.717) is 0 Å². The summed E-state index contributed by atoms with van der Waals surface area (Å²) in [5.74, 6) is 2.39. The molecule has 0 aromatic heterocycles. The summed E-state index contributed by atoms with van der Waals surface area (Å²) in [4.78, 5) is 1.70. The van der Waals surface area contributed by atoms with Crippen LogP contribution in [0.1, 0.15) is 19.3 Å². The zero-order valence-electron chi connectivity index (χ0n) is 4.89. The number of rotatable bonds is 0. The van der Waals surface area contributed by atoms with E-state index in [-0.39, 0.29) is 0 Å². The van der Waals surface area contributed by atoms with E-state index >= 15 is 0 Å². The fourth-order valence-corrected chi connectivity index (χ4v) is 2.86. The van der Waals surface area contributed by atoms with Gasteiger partial charge in [-0.05, 0) is 35.8 Å². The molecule has 1 atom stereocenters. The van der Waals surface area contributed by atoms with Crippen LogP contribution in [-0.2, 0) is 0 Å². The van der Waals surface area contributed by atoms with E-state index in [9.17, 15) is 0 Å². The first-order valence-corrected chi connectivity index (χ1v) is 4.28. The van der Waals surface area contributed by atoms with Gasteiger partial charge in [0.05, 0.1) is 0 Å². The van der Waals surface area contributed by atoms with Crippen molar-refractivity contribution in [1.29, 1.82) is 0 Å². The van der Waals surface area contributed by atoms with Crippen LogP contribution in [0.25, 0.3) is 0 Å². The number of fused-ring (bicyclic) bond motifs is 1. The molecular weight excluding hydrogens is 116 g/mol. The van der Waals surface area contributed by atoms with Gasteiger partial charge in [-0.15, -0.1) is 11.8 Å². The first-order valence-electron chi connectivity index (χ1n) is 3.29. The molecule has 0 radical (unpaired) electrons. The smallest absolute Gasteiger partial charge is 0.00172 e. The minimum absolute atomic E-state index is 1.000. The van der Waals surface area contributed by atoms with Crippen LogP contribution in [0.5, 0.6) is 0 Å². The van der Waals surface area contributed by atoms with Crippen molar-refractivity contribution in [2.24, 2.45) is 5.92 Å². The zero-order chi connectivity index (χ0) is 5.40. The summed E-state index contributed by atoms with van der Waals surface area (Å²) in [6.07, 6.45) is 6.67. The normalized spacial score (nSPS) is 35.0. The largest absolute Gasteiger partial charge is 0.131 e. The van der Waals surface area contributed by atoms with Gasteiger partial charge in [0, 0.05) is 0 Å². The molecular formula is C7H10S. The van der Waals surface area contributed by atoms with E-state index in [4.69, 9.17) is 0 Å². The lowest BCUT2D eigenvalue weighted by Gasteiger charge is -1.97. The van der Waals surface area contributed by atoms with Crippen LogP contribution in [0.3, 0.4) is 0 Å². The van der Waals surface area contributed by atoms with Gasteiger partial charge in [0.15, 0.2) is 0 Å². The van der Waals surface area contributed by atoms with Gasteiger partial charge in [0.25, 0.3) is 0 Å². The minimum Gasteiger partial charge on any atom is -0.131 e. The molecule has 0 amide bonds. The van der Waals surface area contributed by atoms with E-state index in [0.717, 1.165) is 5.92 Å². The van der Waals surface area contributed by atoms with Crippen LogP contribution in [0.2, 0.25) is 0 Å². The second-order valence-corrected chi connectivity index (χ2v) is 3.69. The highest BCUT2D eigenvalue weighted by Crippen LogP contribution is 2.43. The van der Waals surface area contributed by atoms with Gasteiger partial charge < -0.3 is 0 Å². The summed E-state index contributed by atoms with van der Waals surface area (Å²) >= 11 is 2.07. The first-order chi connectivity index (χ1) is 3.97. The van der Waals surface area contributed by atoms with Crippen molar-refractivity contribution in [3.63, 3.8) is 0 Å². The van der Waals surface area contributed by atoms with Gasteiger partial charge in [-0.25, -0.2) is 0 Å². The summed E-state index contributed by atoms with van der Waals surface area (Å²) in [5, 5.41) is 0. The standard InChI is InChI=1S/C7H10S/c1-2-6-4-5-8-7(6)3-1/h3,6H,1-2,4-5H2. The Balaban J connectivity index is 2.20. The van der Waals surface area contributed by atoms with E-state index < -0.39 is 0 Å². The third kappa shape index (κ3) is 0.609. The van der Waals surface area contributed by atoms with Crippen molar-refractivity contribution in [1.82, 2.24) is 0 Å². The molecule has 2 aliphatic rings. The van der Waals surface area contributed by atoms with Gasteiger partial charge in [0.1, 0.15) is 0 Å². The fourth-order valence-electron chi connectivity index (χ4n) is 1.52. The van der Waals surface area contributed by atoms with Crippen LogP contribution < -0.4 is 0 Å². The van der Waals surface area contributed by atoms with Crippen molar-refractivity contribution in [2.45, 2.75) is 19.3 Å². The molecule has 0 nitrogen and oxygen atoms in total. The molecule has 0 N–H and O–H groups in total. The van der Waals surface area contributed by atoms with Gasteiger partial charge in [0.2, 0.25) is 0 Å². The first kappa shape index (κ1) is 4.92. The molecule has 1 heteroatoms. The quantitative estimate of drug-likeness (QED) is 0.480. The van der Waals surface area contributed by atoms with E-state index in [1.54, 1.807) is 4.91 Å². The molecule has 1 fully saturated rings. The Morgan fingerprint density at radius 1 is 1.50 bits per heavy atom. The topological polar surface area (TPSA) is 0 Å². The van der Waals surface area contributed by atoms with Crippen molar-refractivity contribution < 1.29 is 0 Å². The molecule has 0 bridgehead atoms. The molecule has 44 valence electrons. The lowest BCUT2D eigenvalue weighted by Crippen LogP contribution is -1.87. The second-order valence-electron chi connectivity index (χ2n) is 2.52. The van der Waals surface area contributed by atoms with Gasteiger partial charge in [-0.2, -0.15) is 0 Å². The molecule has 1 aliphatic heterocycles. The number of allylic oxidation sites excluding steroid dienone is 2.